The summed E-state index contributed by atoms with van der Waals surface area (Å²) in [7, 11) is 1.68. The maximum Gasteiger partial charge on any atom is 0.416 e. The van der Waals surface area contributed by atoms with Crippen LogP contribution in [0.4, 0.5) is 26.3 Å². The minimum atomic E-state index is -5.12. The van der Waals surface area contributed by atoms with E-state index in [1.54, 1.807) is 37.1 Å². The average molecular weight is 887 g/mol. The Kier molecular flexibility index (Phi) is 14.2. The van der Waals surface area contributed by atoms with Gasteiger partial charge in [0.2, 0.25) is 5.91 Å². The van der Waals surface area contributed by atoms with Gasteiger partial charge in [-0.1, -0.05) is 53.5 Å². The SMILES string of the molecule is CCOC(=O)CCCN(C)C(=O)CO[C@H]1Cc2ccccc2C12CCN(CC[C@]1(c3ccc(Cl)c(Cl)c3)CN(C(=O)c3cc(C(F)(F)F)cc(C(F)(F)F)c3)CCO1)CC2. The van der Waals surface area contributed by atoms with Crippen LogP contribution in [0.3, 0.4) is 0 Å². The number of fused-ring (bicyclic) bond motifs is 2. The Morgan fingerprint density at radius 1 is 0.917 bits per heavy atom. The smallest absolute Gasteiger partial charge is 0.416 e. The normalized spacial score (nSPS) is 20.6. The van der Waals surface area contributed by atoms with Gasteiger partial charge in [-0.3, -0.25) is 14.4 Å². The molecule has 2 fully saturated rings. The fourth-order valence-corrected chi connectivity index (χ4v) is 8.94. The Morgan fingerprint density at radius 2 is 1.60 bits per heavy atom. The molecular weight excluding hydrogens is 839 g/mol. The lowest BCUT2D eigenvalue weighted by atomic mass is 9.72. The van der Waals surface area contributed by atoms with Gasteiger partial charge in [-0.2, -0.15) is 26.3 Å². The number of halogens is 8. The number of hydrogen-bond acceptors (Lipinski definition) is 7. The molecule has 0 saturated carbocycles. The summed E-state index contributed by atoms with van der Waals surface area (Å²) in [6.45, 7) is 3.76. The van der Waals surface area contributed by atoms with E-state index in [2.05, 4.69) is 17.0 Å². The number of carbonyl (C=O) groups is 3. The molecule has 2 atom stereocenters. The molecule has 3 aromatic rings. The standard InChI is InChI=1S/C43H47Cl2F6N3O6/c1-3-58-38(56)9-6-15-52(2)37(55)26-59-36-23-28-7-4-5-8-33(28)40(36)12-16-53(17-13-40)18-14-41(30-10-11-34(44)35(45)25-30)27-54(19-20-60-41)39(57)29-21-31(42(46,47)48)24-32(22-29)43(49,50)51/h4-5,7-8,10-11,21-22,24-25,36H,3,6,9,12-20,23,26-27H2,1-2H3/t36-,41+/m0/s1. The van der Waals surface area contributed by atoms with E-state index in [1.807, 2.05) is 12.1 Å². The molecule has 1 aliphatic carbocycles. The molecule has 326 valence electrons. The van der Waals surface area contributed by atoms with E-state index in [1.165, 1.54) is 10.5 Å². The lowest BCUT2D eigenvalue weighted by Gasteiger charge is -2.46. The highest BCUT2D eigenvalue weighted by Gasteiger charge is 2.50. The summed E-state index contributed by atoms with van der Waals surface area (Å²) in [5.74, 6) is -1.49. The second kappa shape index (κ2) is 18.6. The van der Waals surface area contributed by atoms with Gasteiger partial charge < -0.3 is 28.9 Å². The van der Waals surface area contributed by atoms with Crippen molar-refractivity contribution in [3.05, 3.63) is 104 Å². The predicted molar refractivity (Wildman–Crippen MR) is 212 cm³/mol. The molecule has 2 heterocycles. The third-order valence-corrected chi connectivity index (χ3v) is 12.7. The van der Waals surface area contributed by atoms with Gasteiger partial charge in [0, 0.05) is 44.1 Å². The van der Waals surface area contributed by atoms with Gasteiger partial charge in [0.25, 0.3) is 5.91 Å². The second-order valence-electron chi connectivity index (χ2n) is 15.6. The van der Waals surface area contributed by atoms with Crippen molar-refractivity contribution in [1.29, 1.82) is 0 Å². The molecule has 9 nitrogen and oxygen atoms in total. The van der Waals surface area contributed by atoms with Gasteiger partial charge in [-0.15, -0.1) is 0 Å². The van der Waals surface area contributed by atoms with Crippen LogP contribution in [0.1, 0.15) is 77.2 Å². The molecule has 17 heteroatoms. The molecule has 2 aliphatic heterocycles. The topological polar surface area (TPSA) is 88.6 Å². The highest BCUT2D eigenvalue weighted by atomic mass is 35.5. The summed E-state index contributed by atoms with van der Waals surface area (Å²) < 4.78 is 100. The Balaban J connectivity index is 1.17. The number of likely N-dealkylation sites (N-methyl/N-ethyl adjacent to an activating group) is 1. The van der Waals surface area contributed by atoms with Crippen LogP contribution >= 0.6 is 23.2 Å². The Morgan fingerprint density at radius 3 is 2.25 bits per heavy atom. The number of carbonyl (C=O) groups excluding carboxylic acids is 3. The van der Waals surface area contributed by atoms with Gasteiger partial charge in [-0.25, -0.2) is 0 Å². The number of esters is 1. The Hall–Kier alpha value is -3.89. The van der Waals surface area contributed by atoms with Gasteiger partial charge >= 0.3 is 18.3 Å². The quantitative estimate of drug-likeness (QED) is 0.126. The molecular formula is C43H47Cl2F6N3O6. The van der Waals surface area contributed by atoms with E-state index in [-0.39, 0.29) is 72.2 Å². The molecule has 0 unspecified atom stereocenters. The predicted octanol–water partition coefficient (Wildman–Crippen LogP) is 8.57. The van der Waals surface area contributed by atoms with Crippen molar-refractivity contribution in [2.75, 3.05) is 66.1 Å². The van der Waals surface area contributed by atoms with E-state index in [0.29, 0.717) is 82.6 Å². The highest BCUT2D eigenvalue weighted by Crippen LogP contribution is 2.48. The molecule has 2 amide bonds. The molecule has 3 aliphatic rings. The summed E-state index contributed by atoms with van der Waals surface area (Å²) in [4.78, 5) is 43.7. The van der Waals surface area contributed by atoms with E-state index >= 15 is 0 Å². The van der Waals surface area contributed by atoms with Crippen LogP contribution in [0.15, 0.2) is 60.7 Å². The second-order valence-corrected chi connectivity index (χ2v) is 16.4. The van der Waals surface area contributed by atoms with Crippen molar-refractivity contribution in [3.8, 4) is 0 Å². The number of rotatable bonds is 13. The molecule has 0 aromatic heterocycles. The summed E-state index contributed by atoms with van der Waals surface area (Å²) in [5, 5.41) is 0.473. The molecule has 6 rings (SSSR count). The van der Waals surface area contributed by atoms with Gasteiger partial charge in [0.05, 0.1) is 47.0 Å². The third kappa shape index (κ3) is 10.2. The molecule has 0 radical (unpaired) electrons. The first-order valence-corrected chi connectivity index (χ1v) is 20.6. The first-order valence-electron chi connectivity index (χ1n) is 19.9. The Bertz CT molecular complexity index is 2010. The van der Waals surface area contributed by atoms with Crippen molar-refractivity contribution in [1.82, 2.24) is 14.7 Å². The monoisotopic (exact) mass is 885 g/mol. The maximum atomic E-state index is 13.8. The van der Waals surface area contributed by atoms with Gasteiger partial charge in [-0.05, 0) is 99.1 Å². The Labute approximate surface area is 354 Å². The number of amides is 2. The molecule has 60 heavy (non-hydrogen) atoms. The molecule has 2 saturated heterocycles. The minimum absolute atomic E-state index is 0.00576. The summed E-state index contributed by atoms with van der Waals surface area (Å²) in [5.41, 5.74) is -2.59. The van der Waals surface area contributed by atoms with Crippen molar-refractivity contribution in [3.63, 3.8) is 0 Å². The fourth-order valence-electron chi connectivity index (χ4n) is 8.65. The van der Waals surface area contributed by atoms with Crippen molar-refractivity contribution in [2.24, 2.45) is 0 Å². The van der Waals surface area contributed by atoms with Crippen molar-refractivity contribution >= 4 is 41.0 Å². The van der Waals surface area contributed by atoms with E-state index < -0.39 is 40.6 Å². The zero-order valence-corrected chi connectivity index (χ0v) is 34.8. The summed E-state index contributed by atoms with van der Waals surface area (Å²) in [6, 6.07) is 13.9. The number of benzene rings is 3. The number of nitrogens with zero attached hydrogens (tertiary/aromatic N) is 3. The van der Waals surface area contributed by atoms with Crippen molar-refractivity contribution < 1.29 is 54.9 Å². The van der Waals surface area contributed by atoms with Crippen LogP contribution in [0.5, 0.6) is 0 Å². The van der Waals surface area contributed by atoms with E-state index in [0.717, 1.165) is 5.56 Å². The zero-order chi connectivity index (χ0) is 43.5. The van der Waals surface area contributed by atoms with E-state index in [4.69, 9.17) is 37.4 Å². The van der Waals surface area contributed by atoms with Gasteiger partial charge in [0.1, 0.15) is 12.2 Å². The van der Waals surface area contributed by atoms with Crippen molar-refractivity contribution in [2.45, 2.75) is 74.9 Å². The first-order chi connectivity index (χ1) is 28.3. The van der Waals surface area contributed by atoms with Crippen LogP contribution in [0.25, 0.3) is 0 Å². The average Bonchev–Trinajstić information content (AvgIpc) is 3.51. The lowest BCUT2D eigenvalue weighted by Crippen LogP contribution is -2.54. The molecule has 1 spiro atoms. The first kappa shape index (κ1) is 45.6. The molecule has 0 N–H and O–H groups in total. The van der Waals surface area contributed by atoms with Gasteiger partial charge in [0.15, 0.2) is 0 Å². The van der Waals surface area contributed by atoms with Crippen LogP contribution in [-0.4, -0.2) is 105 Å². The number of alkyl halides is 6. The number of morpholine rings is 1. The fraction of sp³-hybridized carbons (Fsp3) is 0.512. The summed E-state index contributed by atoms with van der Waals surface area (Å²) >= 11 is 12.7. The van der Waals surface area contributed by atoms with Crippen LogP contribution < -0.4 is 0 Å². The number of hydrogen-bond donors (Lipinski definition) is 0. The summed E-state index contributed by atoms with van der Waals surface area (Å²) in [6.07, 6.45) is -7.45. The third-order valence-electron chi connectivity index (χ3n) is 11.9. The minimum Gasteiger partial charge on any atom is -0.466 e. The maximum absolute atomic E-state index is 13.8. The number of likely N-dealkylation sites (tertiary alicyclic amines) is 1. The molecule has 0 bridgehead atoms. The molecule has 3 aromatic carbocycles. The van der Waals surface area contributed by atoms with Crippen LogP contribution in [0.2, 0.25) is 10.0 Å². The largest absolute Gasteiger partial charge is 0.466 e. The highest BCUT2D eigenvalue weighted by molar-refractivity contribution is 6.42. The van der Waals surface area contributed by atoms with Crippen LogP contribution in [0, 0.1) is 0 Å². The van der Waals surface area contributed by atoms with Crippen LogP contribution in [-0.2, 0) is 53.6 Å². The zero-order valence-electron chi connectivity index (χ0n) is 33.3. The van der Waals surface area contributed by atoms with E-state index in [9.17, 15) is 40.7 Å². The lowest BCUT2D eigenvalue weighted by molar-refractivity contribution is -0.144. The number of ether oxygens (including phenoxy) is 3. The number of piperidine rings is 1.